The number of benzene rings is 1. The highest BCUT2D eigenvalue weighted by atomic mass is 35.5. The van der Waals surface area contributed by atoms with E-state index in [2.05, 4.69) is 12.2 Å². The zero-order valence-corrected chi connectivity index (χ0v) is 11.0. The fourth-order valence-electron chi connectivity index (χ4n) is 1.60. The molecule has 1 rings (SSSR count). The van der Waals surface area contributed by atoms with E-state index in [9.17, 15) is 4.79 Å². The summed E-state index contributed by atoms with van der Waals surface area (Å²) in [5.74, 6) is 1.32. The van der Waals surface area contributed by atoms with Gasteiger partial charge in [0, 0.05) is 12.4 Å². The van der Waals surface area contributed by atoms with E-state index in [0.29, 0.717) is 18.2 Å². The summed E-state index contributed by atoms with van der Waals surface area (Å²) >= 11 is 5.71. The third kappa shape index (κ3) is 6.32. The van der Waals surface area contributed by atoms with Gasteiger partial charge in [0.15, 0.2) is 0 Å². The fourth-order valence-corrected chi connectivity index (χ4v) is 1.75. The number of halogens is 1. The molecule has 0 bridgehead atoms. The van der Waals surface area contributed by atoms with Crippen molar-refractivity contribution >= 4 is 17.5 Å². The van der Waals surface area contributed by atoms with Gasteiger partial charge in [-0.05, 0) is 24.3 Å². The Morgan fingerprint density at radius 2 is 2.06 bits per heavy atom. The van der Waals surface area contributed by atoms with Crippen LogP contribution in [0.1, 0.15) is 25.3 Å². The van der Waals surface area contributed by atoms with Gasteiger partial charge in [0.05, 0.1) is 6.42 Å². The van der Waals surface area contributed by atoms with Gasteiger partial charge in [0.25, 0.3) is 0 Å². The highest BCUT2D eigenvalue weighted by molar-refractivity contribution is 6.18. The minimum Gasteiger partial charge on any atom is -0.356 e. The summed E-state index contributed by atoms with van der Waals surface area (Å²) in [4.78, 5) is 11.6. The molecule has 1 amide bonds. The Labute approximate surface area is 108 Å². The quantitative estimate of drug-likeness (QED) is 0.587. The van der Waals surface area contributed by atoms with Crippen LogP contribution in [-0.2, 0) is 11.2 Å². The first-order chi connectivity index (χ1) is 8.22. The van der Waals surface area contributed by atoms with Crippen LogP contribution in [0.4, 0.5) is 0 Å². The minimum absolute atomic E-state index is 0.0923. The minimum atomic E-state index is 0.0923. The second-order valence-electron chi connectivity index (χ2n) is 4.41. The molecule has 1 unspecified atom stereocenters. The summed E-state index contributed by atoms with van der Waals surface area (Å²) in [6.07, 6.45) is 2.52. The molecule has 0 saturated carbocycles. The molecule has 1 atom stereocenters. The molecule has 17 heavy (non-hydrogen) atoms. The molecule has 3 heteroatoms. The molecule has 0 fully saturated rings. The molecule has 94 valence electrons. The standard InChI is InChI=1S/C14H20ClNO/c1-12(11-15)6-5-9-16-14(17)10-13-7-3-2-4-8-13/h2-4,7-8,12H,5-6,9-11H2,1H3,(H,16,17). The Morgan fingerprint density at radius 3 is 2.71 bits per heavy atom. The maximum Gasteiger partial charge on any atom is 0.224 e. The topological polar surface area (TPSA) is 29.1 Å². The summed E-state index contributed by atoms with van der Waals surface area (Å²) in [6, 6.07) is 9.79. The van der Waals surface area contributed by atoms with Crippen LogP contribution in [0.25, 0.3) is 0 Å². The number of hydrogen-bond donors (Lipinski definition) is 1. The Hall–Kier alpha value is -1.02. The molecule has 0 heterocycles. The molecule has 1 aromatic carbocycles. The number of nitrogens with one attached hydrogen (secondary N) is 1. The monoisotopic (exact) mass is 253 g/mol. The van der Waals surface area contributed by atoms with Gasteiger partial charge in [-0.1, -0.05) is 37.3 Å². The predicted molar refractivity (Wildman–Crippen MR) is 72.3 cm³/mol. The Bertz CT molecular complexity index is 326. The number of hydrogen-bond acceptors (Lipinski definition) is 1. The maximum atomic E-state index is 11.6. The first-order valence-electron chi connectivity index (χ1n) is 6.09. The van der Waals surface area contributed by atoms with Crippen molar-refractivity contribution in [2.45, 2.75) is 26.2 Å². The number of alkyl halides is 1. The van der Waals surface area contributed by atoms with Gasteiger partial charge in [-0.15, -0.1) is 11.6 Å². The fraction of sp³-hybridized carbons (Fsp3) is 0.500. The van der Waals surface area contributed by atoms with Crippen LogP contribution in [0.3, 0.4) is 0 Å². The molecule has 0 aliphatic carbocycles. The molecule has 0 aliphatic rings. The zero-order chi connectivity index (χ0) is 12.5. The average Bonchev–Trinajstić information content (AvgIpc) is 2.35. The van der Waals surface area contributed by atoms with Crippen LogP contribution in [0.2, 0.25) is 0 Å². The summed E-state index contributed by atoms with van der Waals surface area (Å²) < 4.78 is 0. The Morgan fingerprint density at radius 1 is 1.35 bits per heavy atom. The largest absolute Gasteiger partial charge is 0.356 e. The molecular formula is C14H20ClNO. The Balaban J connectivity index is 2.14. The van der Waals surface area contributed by atoms with Crippen molar-refractivity contribution in [2.75, 3.05) is 12.4 Å². The lowest BCUT2D eigenvalue weighted by atomic mass is 10.1. The van der Waals surface area contributed by atoms with E-state index in [1.165, 1.54) is 0 Å². The molecule has 0 saturated heterocycles. The number of carbonyl (C=O) groups is 1. The van der Waals surface area contributed by atoms with Crippen LogP contribution in [0, 0.1) is 5.92 Å². The third-order valence-corrected chi connectivity index (χ3v) is 3.19. The highest BCUT2D eigenvalue weighted by Crippen LogP contribution is 2.06. The number of rotatable bonds is 7. The van der Waals surface area contributed by atoms with Gasteiger partial charge in [-0.25, -0.2) is 0 Å². The van der Waals surface area contributed by atoms with Gasteiger partial charge < -0.3 is 5.32 Å². The van der Waals surface area contributed by atoms with Crippen molar-refractivity contribution in [3.05, 3.63) is 35.9 Å². The first kappa shape index (κ1) is 14.0. The van der Waals surface area contributed by atoms with E-state index in [1.54, 1.807) is 0 Å². The average molecular weight is 254 g/mol. The molecule has 0 aromatic heterocycles. The van der Waals surface area contributed by atoms with Crippen molar-refractivity contribution in [3.63, 3.8) is 0 Å². The molecule has 0 radical (unpaired) electrons. The van der Waals surface area contributed by atoms with E-state index < -0.39 is 0 Å². The van der Waals surface area contributed by atoms with Crippen molar-refractivity contribution < 1.29 is 4.79 Å². The van der Waals surface area contributed by atoms with E-state index in [4.69, 9.17) is 11.6 Å². The normalized spacial score (nSPS) is 12.1. The third-order valence-electron chi connectivity index (χ3n) is 2.67. The van der Waals surface area contributed by atoms with E-state index >= 15 is 0 Å². The Kier molecular flexibility index (Phi) is 6.71. The lowest BCUT2D eigenvalue weighted by Gasteiger charge is -2.08. The smallest absolute Gasteiger partial charge is 0.224 e. The summed E-state index contributed by atoms with van der Waals surface area (Å²) in [6.45, 7) is 2.87. The SMILES string of the molecule is CC(CCl)CCCNC(=O)Cc1ccccc1. The summed E-state index contributed by atoms with van der Waals surface area (Å²) in [7, 11) is 0. The number of carbonyl (C=O) groups excluding carboxylic acids is 1. The molecule has 1 N–H and O–H groups in total. The zero-order valence-electron chi connectivity index (χ0n) is 10.3. The van der Waals surface area contributed by atoms with Crippen LogP contribution >= 0.6 is 11.6 Å². The summed E-state index contributed by atoms with van der Waals surface area (Å²) in [5.41, 5.74) is 1.05. The van der Waals surface area contributed by atoms with Crippen molar-refractivity contribution in [2.24, 2.45) is 5.92 Å². The molecule has 0 aliphatic heterocycles. The molecule has 0 spiro atoms. The van der Waals surface area contributed by atoms with Gasteiger partial charge in [0.1, 0.15) is 0 Å². The van der Waals surface area contributed by atoms with Crippen molar-refractivity contribution in [1.29, 1.82) is 0 Å². The van der Waals surface area contributed by atoms with E-state index in [1.807, 2.05) is 30.3 Å². The van der Waals surface area contributed by atoms with Crippen LogP contribution in [0.15, 0.2) is 30.3 Å². The highest BCUT2D eigenvalue weighted by Gasteiger charge is 2.03. The van der Waals surface area contributed by atoms with Crippen LogP contribution < -0.4 is 5.32 Å². The number of amides is 1. The van der Waals surface area contributed by atoms with Gasteiger partial charge in [-0.3, -0.25) is 4.79 Å². The maximum absolute atomic E-state index is 11.6. The lowest BCUT2D eigenvalue weighted by Crippen LogP contribution is -2.26. The van der Waals surface area contributed by atoms with E-state index in [0.717, 1.165) is 24.9 Å². The van der Waals surface area contributed by atoms with Crippen molar-refractivity contribution in [1.82, 2.24) is 5.32 Å². The molecular weight excluding hydrogens is 234 g/mol. The van der Waals surface area contributed by atoms with Gasteiger partial charge >= 0.3 is 0 Å². The second kappa shape index (κ2) is 8.13. The lowest BCUT2D eigenvalue weighted by molar-refractivity contribution is -0.120. The molecule has 1 aromatic rings. The van der Waals surface area contributed by atoms with Crippen LogP contribution in [-0.4, -0.2) is 18.3 Å². The predicted octanol–water partition coefficient (Wildman–Crippen LogP) is 3.00. The van der Waals surface area contributed by atoms with Crippen LogP contribution in [0.5, 0.6) is 0 Å². The second-order valence-corrected chi connectivity index (χ2v) is 4.72. The van der Waals surface area contributed by atoms with E-state index in [-0.39, 0.29) is 5.91 Å². The van der Waals surface area contributed by atoms with Crippen molar-refractivity contribution in [3.8, 4) is 0 Å². The summed E-state index contributed by atoms with van der Waals surface area (Å²) in [5, 5.41) is 2.93. The van der Waals surface area contributed by atoms with Gasteiger partial charge in [0.2, 0.25) is 5.91 Å². The van der Waals surface area contributed by atoms with Gasteiger partial charge in [-0.2, -0.15) is 0 Å². The molecule has 2 nitrogen and oxygen atoms in total. The first-order valence-corrected chi connectivity index (χ1v) is 6.62.